The zero-order valence-electron chi connectivity index (χ0n) is 12.9. The van der Waals surface area contributed by atoms with Crippen LogP contribution in [0.25, 0.3) is 0 Å². The molecule has 0 amide bonds. The molecule has 1 aromatic rings. The van der Waals surface area contributed by atoms with Gasteiger partial charge in [-0.2, -0.15) is 0 Å². The molecule has 4 nitrogen and oxygen atoms in total. The van der Waals surface area contributed by atoms with E-state index >= 15 is 0 Å². The second kappa shape index (κ2) is 6.46. The van der Waals surface area contributed by atoms with Gasteiger partial charge in [0.1, 0.15) is 11.5 Å². The van der Waals surface area contributed by atoms with Crippen LogP contribution in [0.2, 0.25) is 0 Å². The summed E-state index contributed by atoms with van der Waals surface area (Å²) in [5, 5.41) is 0. The Morgan fingerprint density at radius 1 is 1.30 bits per heavy atom. The highest BCUT2D eigenvalue weighted by atomic mass is 16.5. The third kappa shape index (κ3) is 3.07. The van der Waals surface area contributed by atoms with E-state index in [2.05, 4.69) is 24.8 Å². The highest BCUT2D eigenvalue weighted by molar-refractivity contribution is 5.42. The Morgan fingerprint density at radius 2 is 2.05 bits per heavy atom. The van der Waals surface area contributed by atoms with Crippen LogP contribution in [0.15, 0.2) is 18.2 Å². The number of hydrogen-bond donors (Lipinski definition) is 1. The van der Waals surface area contributed by atoms with Crippen LogP contribution in [-0.4, -0.2) is 38.3 Å². The molecule has 1 aliphatic heterocycles. The Labute approximate surface area is 121 Å². The minimum atomic E-state index is 0.325. The van der Waals surface area contributed by atoms with Gasteiger partial charge in [0.05, 0.1) is 14.2 Å². The van der Waals surface area contributed by atoms with Crippen LogP contribution in [-0.2, 0) is 0 Å². The summed E-state index contributed by atoms with van der Waals surface area (Å²) in [6.45, 7) is 6.54. The molecular weight excluding hydrogens is 252 g/mol. The summed E-state index contributed by atoms with van der Waals surface area (Å²) in [6.07, 6.45) is 1.06. The minimum Gasteiger partial charge on any atom is -0.497 e. The molecule has 0 aromatic heterocycles. The Balaban J connectivity index is 2.18. The van der Waals surface area contributed by atoms with Gasteiger partial charge in [0.2, 0.25) is 0 Å². The van der Waals surface area contributed by atoms with Gasteiger partial charge in [-0.05, 0) is 25.3 Å². The zero-order chi connectivity index (χ0) is 14.7. The van der Waals surface area contributed by atoms with E-state index in [4.69, 9.17) is 15.2 Å². The first-order valence-corrected chi connectivity index (χ1v) is 7.28. The first kappa shape index (κ1) is 15.1. The summed E-state index contributed by atoms with van der Waals surface area (Å²) in [4.78, 5) is 2.48. The SMILES string of the molecule is COc1ccc(C(C)N2CCC(N)C(C)C2)c(OC)c1. The molecule has 1 fully saturated rings. The van der Waals surface area contributed by atoms with Crippen molar-refractivity contribution in [1.82, 2.24) is 4.90 Å². The van der Waals surface area contributed by atoms with Crippen LogP contribution in [0.1, 0.15) is 31.9 Å². The van der Waals surface area contributed by atoms with Crippen molar-refractivity contribution in [3.63, 3.8) is 0 Å². The van der Waals surface area contributed by atoms with Crippen molar-refractivity contribution in [2.75, 3.05) is 27.3 Å². The fraction of sp³-hybridized carbons (Fsp3) is 0.625. The number of likely N-dealkylation sites (tertiary alicyclic amines) is 1. The number of nitrogens with zero attached hydrogens (tertiary/aromatic N) is 1. The molecule has 2 rings (SSSR count). The van der Waals surface area contributed by atoms with Gasteiger partial charge in [-0.15, -0.1) is 0 Å². The summed E-state index contributed by atoms with van der Waals surface area (Å²) in [5.41, 5.74) is 7.31. The molecule has 3 atom stereocenters. The molecule has 4 heteroatoms. The second-order valence-electron chi connectivity index (χ2n) is 5.71. The molecule has 1 aliphatic rings. The predicted octanol–water partition coefficient (Wildman–Crippen LogP) is 2.43. The molecule has 1 aromatic carbocycles. The van der Waals surface area contributed by atoms with Gasteiger partial charge in [-0.1, -0.05) is 13.0 Å². The molecule has 0 radical (unpaired) electrons. The van der Waals surface area contributed by atoms with E-state index in [1.54, 1.807) is 14.2 Å². The molecule has 20 heavy (non-hydrogen) atoms. The second-order valence-corrected chi connectivity index (χ2v) is 5.71. The van der Waals surface area contributed by atoms with Crippen molar-refractivity contribution in [2.45, 2.75) is 32.4 Å². The fourth-order valence-electron chi connectivity index (χ4n) is 2.91. The molecule has 3 unspecified atom stereocenters. The maximum Gasteiger partial charge on any atom is 0.127 e. The van der Waals surface area contributed by atoms with E-state index in [9.17, 15) is 0 Å². The van der Waals surface area contributed by atoms with Crippen LogP contribution in [0, 0.1) is 5.92 Å². The van der Waals surface area contributed by atoms with Gasteiger partial charge in [0.15, 0.2) is 0 Å². The molecule has 1 heterocycles. The van der Waals surface area contributed by atoms with Gasteiger partial charge in [-0.3, -0.25) is 4.90 Å². The van der Waals surface area contributed by atoms with Gasteiger partial charge >= 0.3 is 0 Å². The van der Waals surface area contributed by atoms with E-state index in [-0.39, 0.29) is 0 Å². The predicted molar refractivity (Wildman–Crippen MR) is 81.3 cm³/mol. The number of benzene rings is 1. The quantitative estimate of drug-likeness (QED) is 0.919. The van der Waals surface area contributed by atoms with Crippen LogP contribution in [0.5, 0.6) is 11.5 Å². The molecule has 0 bridgehead atoms. The first-order valence-electron chi connectivity index (χ1n) is 7.28. The fourth-order valence-corrected chi connectivity index (χ4v) is 2.91. The van der Waals surface area contributed by atoms with E-state index < -0.39 is 0 Å². The van der Waals surface area contributed by atoms with Crippen LogP contribution < -0.4 is 15.2 Å². The van der Waals surface area contributed by atoms with E-state index in [1.807, 2.05) is 12.1 Å². The summed E-state index contributed by atoms with van der Waals surface area (Å²) in [7, 11) is 3.38. The Hall–Kier alpha value is -1.26. The maximum atomic E-state index is 6.11. The van der Waals surface area contributed by atoms with Gasteiger partial charge < -0.3 is 15.2 Å². The monoisotopic (exact) mass is 278 g/mol. The molecule has 0 spiro atoms. The van der Waals surface area contributed by atoms with E-state index in [1.165, 1.54) is 5.56 Å². The summed E-state index contributed by atoms with van der Waals surface area (Å²) < 4.78 is 10.8. The largest absolute Gasteiger partial charge is 0.497 e. The first-order chi connectivity index (χ1) is 9.56. The number of ether oxygens (including phenoxy) is 2. The van der Waals surface area contributed by atoms with Crippen molar-refractivity contribution in [2.24, 2.45) is 11.7 Å². The lowest BCUT2D eigenvalue weighted by molar-refractivity contribution is 0.122. The molecule has 0 aliphatic carbocycles. The summed E-state index contributed by atoms with van der Waals surface area (Å²) in [6, 6.07) is 6.70. The van der Waals surface area contributed by atoms with Gasteiger partial charge in [0.25, 0.3) is 0 Å². The number of rotatable bonds is 4. The van der Waals surface area contributed by atoms with Crippen molar-refractivity contribution in [1.29, 1.82) is 0 Å². The third-order valence-corrected chi connectivity index (χ3v) is 4.44. The normalized spacial score (nSPS) is 25.2. The van der Waals surface area contributed by atoms with Crippen LogP contribution >= 0.6 is 0 Å². The van der Waals surface area contributed by atoms with Crippen molar-refractivity contribution in [3.8, 4) is 11.5 Å². The lowest BCUT2D eigenvalue weighted by Gasteiger charge is -2.39. The average Bonchev–Trinajstić information content (AvgIpc) is 2.48. The van der Waals surface area contributed by atoms with Crippen molar-refractivity contribution in [3.05, 3.63) is 23.8 Å². The highest BCUT2D eigenvalue weighted by Gasteiger charge is 2.28. The topological polar surface area (TPSA) is 47.7 Å². The van der Waals surface area contributed by atoms with Crippen molar-refractivity contribution >= 4 is 0 Å². The number of hydrogen-bond acceptors (Lipinski definition) is 4. The maximum absolute atomic E-state index is 6.11. The minimum absolute atomic E-state index is 0.325. The average molecular weight is 278 g/mol. The van der Waals surface area contributed by atoms with E-state index in [0.717, 1.165) is 31.0 Å². The molecule has 1 saturated heterocycles. The summed E-state index contributed by atoms with van der Waals surface area (Å²) in [5.74, 6) is 2.25. The highest BCUT2D eigenvalue weighted by Crippen LogP contribution is 2.34. The molecule has 0 saturated carbocycles. The van der Waals surface area contributed by atoms with Gasteiger partial charge in [0, 0.05) is 36.8 Å². The van der Waals surface area contributed by atoms with Crippen molar-refractivity contribution < 1.29 is 9.47 Å². The Morgan fingerprint density at radius 3 is 2.65 bits per heavy atom. The van der Waals surface area contributed by atoms with Gasteiger partial charge in [-0.25, -0.2) is 0 Å². The number of nitrogens with two attached hydrogens (primary N) is 1. The molecular formula is C16H26N2O2. The van der Waals surface area contributed by atoms with Crippen LogP contribution in [0.3, 0.4) is 0 Å². The standard InChI is InChI=1S/C16H26N2O2/c1-11-10-18(8-7-15(11)17)12(2)14-6-5-13(19-3)9-16(14)20-4/h5-6,9,11-12,15H,7-8,10,17H2,1-4H3. The lowest BCUT2D eigenvalue weighted by atomic mass is 9.92. The Bertz CT molecular complexity index is 450. The van der Waals surface area contributed by atoms with Crippen LogP contribution in [0.4, 0.5) is 0 Å². The summed E-state index contributed by atoms with van der Waals surface area (Å²) >= 11 is 0. The third-order valence-electron chi connectivity index (χ3n) is 4.44. The Kier molecular flexibility index (Phi) is 4.89. The van der Waals surface area contributed by atoms with E-state index in [0.29, 0.717) is 18.0 Å². The molecule has 2 N–H and O–H groups in total. The zero-order valence-corrected chi connectivity index (χ0v) is 12.9. The molecule has 112 valence electrons. The number of piperidine rings is 1. The smallest absolute Gasteiger partial charge is 0.127 e. The number of methoxy groups -OCH3 is 2. The lowest BCUT2D eigenvalue weighted by Crippen LogP contribution is -2.46.